The molecule has 0 amide bonds. The van der Waals surface area contributed by atoms with Gasteiger partial charge in [0.05, 0.1) is 24.6 Å². The fourth-order valence-electron chi connectivity index (χ4n) is 2.42. The van der Waals surface area contributed by atoms with E-state index in [1.165, 1.54) is 0 Å². The van der Waals surface area contributed by atoms with E-state index in [4.69, 9.17) is 66.5 Å². The van der Waals surface area contributed by atoms with Gasteiger partial charge < -0.3 is 24.6 Å². The number of halogens is 4. The summed E-state index contributed by atoms with van der Waals surface area (Å²) in [5.41, 5.74) is 1.71. The van der Waals surface area contributed by atoms with E-state index in [2.05, 4.69) is 4.98 Å². The van der Waals surface area contributed by atoms with E-state index < -0.39 is 5.09 Å². The summed E-state index contributed by atoms with van der Waals surface area (Å²) in [5, 5.41) is 17.0. The molecule has 0 saturated heterocycles. The minimum absolute atomic E-state index is 0.286. The Bertz CT molecular complexity index is 950. The standard InChI is InChI=1S/C18H14Cl4N2O.NO3/c19-13-2-1-12(16(21)7-13)10-25-18(9-24-6-5-23-11-24)15-4-3-14(20)8-17(15)22;2-1(3)4/h1-8,11,18H,9-10H2;/q;-1. The van der Waals surface area contributed by atoms with E-state index in [1.807, 2.05) is 22.9 Å². The van der Waals surface area contributed by atoms with Crippen LogP contribution in [0.1, 0.15) is 17.2 Å². The van der Waals surface area contributed by atoms with Crippen molar-refractivity contribution < 1.29 is 9.82 Å². The first-order valence-electron chi connectivity index (χ1n) is 8.04. The van der Waals surface area contributed by atoms with Crippen molar-refractivity contribution in [2.24, 2.45) is 0 Å². The van der Waals surface area contributed by atoms with Crippen LogP contribution in [0, 0.1) is 15.3 Å². The van der Waals surface area contributed by atoms with Gasteiger partial charge in [0.15, 0.2) is 0 Å². The molecule has 1 unspecified atom stereocenters. The van der Waals surface area contributed by atoms with E-state index in [-0.39, 0.29) is 6.10 Å². The molecule has 0 fully saturated rings. The van der Waals surface area contributed by atoms with Gasteiger partial charge in [-0.1, -0.05) is 58.5 Å². The van der Waals surface area contributed by atoms with Gasteiger partial charge in [0.2, 0.25) is 0 Å². The van der Waals surface area contributed by atoms with Crippen molar-refractivity contribution in [1.29, 1.82) is 0 Å². The molecule has 0 spiro atoms. The van der Waals surface area contributed by atoms with Gasteiger partial charge in [-0.2, -0.15) is 0 Å². The zero-order valence-electron chi connectivity index (χ0n) is 14.7. The lowest BCUT2D eigenvalue weighted by atomic mass is 10.1. The number of rotatable bonds is 6. The number of ether oxygens (including phenoxy) is 1. The Morgan fingerprint density at radius 3 is 2.21 bits per heavy atom. The number of benzene rings is 2. The molecule has 1 atom stereocenters. The average Bonchev–Trinajstić information content (AvgIpc) is 3.13. The molecule has 11 heteroatoms. The first-order valence-corrected chi connectivity index (χ1v) is 9.55. The van der Waals surface area contributed by atoms with Crippen LogP contribution in [0.2, 0.25) is 20.1 Å². The van der Waals surface area contributed by atoms with Crippen molar-refractivity contribution in [3.8, 4) is 0 Å². The molecule has 7 nitrogen and oxygen atoms in total. The van der Waals surface area contributed by atoms with Gasteiger partial charge in [-0.25, -0.2) is 4.98 Å². The quantitative estimate of drug-likeness (QED) is 0.310. The lowest BCUT2D eigenvalue weighted by molar-refractivity contribution is -0.402. The van der Waals surface area contributed by atoms with Crippen molar-refractivity contribution >= 4 is 46.4 Å². The zero-order chi connectivity index (χ0) is 21.4. The first kappa shape index (κ1) is 23.3. The predicted octanol–water partition coefficient (Wildman–Crippen LogP) is 6.22. The van der Waals surface area contributed by atoms with Gasteiger partial charge in [0.25, 0.3) is 0 Å². The number of aromatic nitrogens is 2. The van der Waals surface area contributed by atoms with Gasteiger partial charge in [0.1, 0.15) is 6.10 Å². The van der Waals surface area contributed by atoms with E-state index in [9.17, 15) is 0 Å². The number of hydrogen-bond donors (Lipinski definition) is 0. The Labute approximate surface area is 186 Å². The monoisotopic (exact) mass is 476 g/mol. The maximum atomic E-state index is 8.25. The maximum absolute atomic E-state index is 8.25. The molecule has 0 aliphatic heterocycles. The van der Waals surface area contributed by atoms with Crippen molar-refractivity contribution in [3.05, 3.63) is 102 Å². The predicted molar refractivity (Wildman–Crippen MR) is 113 cm³/mol. The fourth-order valence-corrected chi connectivity index (χ4v) is 3.41. The highest BCUT2D eigenvalue weighted by atomic mass is 35.5. The molecule has 0 N–H and O–H groups in total. The van der Waals surface area contributed by atoms with Gasteiger partial charge in [-0.3, -0.25) is 0 Å². The summed E-state index contributed by atoms with van der Waals surface area (Å²) in [5.74, 6) is 0. The van der Waals surface area contributed by atoms with Crippen molar-refractivity contribution in [3.63, 3.8) is 0 Å². The summed E-state index contributed by atoms with van der Waals surface area (Å²) in [6.07, 6.45) is 5.03. The smallest absolute Gasteiger partial charge is 0.102 e. The number of hydrogen-bond acceptors (Lipinski definition) is 5. The number of nitrogens with zero attached hydrogens (tertiary/aromatic N) is 3. The third-order valence-corrected chi connectivity index (χ3v) is 4.85. The van der Waals surface area contributed by atoms with Crippen LogP contribution < -0.4 is 0 Å². The Hall–Kier alpha value is -2.03. The molecule has 0 bridgehead atoms. The van der Waals surface area contributed by atoms with Crippen LogP contribution in [0.3, 0.4) is 0 Å². The van der Waals surface area contributed by atoms with E-state index >= 15 is 0 Å². The molecule has 0 aliphatic rings. The fraction of sp³-hybridized carbons (Fsp3) is 0.167. The minimum atomic E-state index is -1.75. The first-order chi connectivity index (χ1) is 13.8. The third-order valence-electron chi connectivity index (χ3n) is 3.70. The molecular weight excluding hydrogens is 464 g/mol. The normalized spacial score (nSPS) is 11.4. The Kier molecular flexibility index (Phi) is 9.00. The van der Waals surface area contributed by atoms with Crippen LogP contribution >= 0.6 is 46.4 Å². The van der Waals surface area contributed by atoms with Crippen LogP contribution in [0.15, 0.2) is 55.1 Å². The molecule has 1 heterocycles. The summed E-state index contributed by atoms with van der Waals surface area (Å²) < 4.78 is 8.05. The largest absolute Gasteiger partial charge is 0.367 e. The second kappa shape index (κ2) is 11.2. The lowest BCUT2D eigenvalue weighted by Crippen LogP contribution is -2.12. The number of imidazole rings is 1. The maximum Gasteiger partial charge on any atom is 0.102 e. The lowest BCUT2D eigenvalue weighted by Gasteiger charge is -2.21. The molecule has 0 radical (unpaired) electrons. The van der Waals surface area contributed by atoms with Crippen LogP contribution in [0.5, 0.6) is 0 Å². The minimum Gasteiger partial charge on any atom is -0.367 e. The highest BCUT2D eigenvalue weighted by Crippen LogP contribution is 2.31. The molecule has 154 valence electrons. The summed E-state index contributed by atoms with van der Waals surface area (Å²) in [6.45, 7) is 0.890. The second-order valence-electron chi connectivity index (χ2n) is 5.68. The molecule has 0 aliphatic carbocycles. The van der Waals surface area contributed by atoms with Crippen LogP contribution in [-0.2, 0) is 17.9 Å². The Morgan fingerprint density at radius 1 is 1.03 bits per heavy atom. The molecule has 29 heavy (non-hydrogen) atoms. The van der Waals surface area contributed by atoms with Crippen LogP contribution in [-0.4, -0.2) is 14.6 Å². The second-order valence-corrected chi connectivity index (χ2v) is 7.37. The summed E-state index contributed by atoms with van der Waals surface area (Å²) in [6, 6.07) is 10.7. The van der Waals surface area contributed by atoms with Crippen molar-refractivity contribution in [1.82, 2.24) is 9.55 Å². The topological polar surface area (TPSA) is 93.2 Å². The summed E-state index contributed by atoms with van der Waals surface area (Å²) >= 11 is 24.5. The van der Waals surface area contributed by atoms with Gasteiger partial charge in [-0.15, -0.1) is 0 Å². The molecule has 1 aromatic heterocycles. The Morgan fingerprint density at radius 2 is 1.66 bits per heavy atom. The highest BCUT2D eigenvalue weighted by Gasteiger charge is 2.17. The molecule has 2 aromatic carbocycles. The van der Waals surface area contributed by atoms with E-state index in [0.29, 0.717) is 33.2 Å². The average molecular weight is 478 g/mol. The zero-order valence-corrected chi connectivity index (χ0v) is 17.7. The summed E-state index contributed by atoms with van der Waals surface area (Å²) in [7, 11) is 0. The van der Waals surface area contributed by atoms with Crippen LogP contribution in [0.25, 0.3) is 0 Å². The van der Waals surface area contributed by atoms with Gasteiger partial charge >= 0.3 is 0 Å². The van der Waals surface area contributed by atoms with Gasteiger partial charge in [-0.05, 0) is 29.8 Å². The molecule has 3 aromatic rings. The van der Waals surface area contributed by atoms with E-state index in [1.54, 1.807) is 36.8 Å². The highest BCUT2D eigenvalue weighted by molar-refractivity contribution is 6.35. The summed E-state index contributed by atoms with van der Waals surface area (Å²) in [4.78, 5) is 12.3. The molecular formula is C18H14Cl4N3O4-. The van der Waals surface area contributed by atoms with Crippen molar-refractivity contribution in [2.75, 3.05) is 0 Å². The SMILES string of the molecule is Clc1ccc(COC(Cn2ccnc2)c2ccc(Cl)cc2Cl)c(Cl)c1.O=[N+]([O-])[O-]. The van der Waals surface area contributed by atoms with E-state index in [0.717, 1.165) is 11.1 Å². The van der Waals surface area contributed by atoms with Crippen molar-refractivity contribution in [2.45, 2.75) is 19.3 Å². The Balaban J connectivity index is 0.000000687. The van der Waals surface area contributed by atoms with Gasteiger partial charge in [0, 0.05) is 38.0 Å². The van der Waals surface area contributed by atoms with Crippen LogP contribution in [0.4, 0.5) is 0 Å². The molecule has 0 saturated carbocycles. The third kappa shape index (κ3) is 7.72. The molecule has 3 rings (SSSR count).